The smallest absolute Gasteiger partial charge is 0.387 e. The number of hydrogen-bond donors (Lipinski definition) is 2. The molecular formula is C21H17F2N3O3S. The highest BCUT2D eigenvalue weighted by Crippen LogP contribution is 2.33. The molecule has 2 aromatic carbocycles. The maximum atomic E-state index is 12.6. The topological polar surface area (TPSA) is 80.3 Å². The summed E-state index contributed by atoms with van der Waals surface area (Å²) in [5.41, 5.74) is 1.73. The van der Waals surface area contributed by atoms with E-state index in [1.165, 1.54) is 17.4 Å². The molecule has 2 N–H and O–H groups in total. The number of para-hydroxylation sites is 1. The SMILES string of the molecule is O=C(Nc1nc(-c2ccccc2OC(F)F)cs1)c1cccc(NC(=O)C2CC2)c1. The maximum absolute atomic E-state index is 12.6. The van der Waals surface area contributed by atoms with Gasteiger partial charge in [-0.2, -0.15) is 8.78 Å². The lowest BCUT2D eigenvalue weighted by molar-refractivity contribution is -0.117. The molecule has 0 atom stereocenters. The Morgan fingerprint density at radius 2 is 1.90 bits per heavy atom. The zero-order valence-corrected chi connectivity index (χ0v) is 16.4. The third-order valence-electron chi connectivity index (χ3n) is 4.44. The zero-order chi connectivity index (χ0) is 21.1. The third-order valence-corrected chi connectivity index (χ3v) is 5.20. The molecule has 9 heteroatoms. The molecular weight excluding hydrogens is 412 g/mol. The number of carbonyl (C=O) groups is 2. The number of halogens is 2. The molecule has 0 saturated heterocycles. The van der Waals surface area contributed by atoms with E-state index in [0.717, 1.165) is 12.8 Å². The number of rotatable bonds is 7. The van der Waals surface area contributed by atoms with Crippen molar-refractivity contribution in [3.8, 4) is 17.0 Å². The van der Waals surface area contributed by atoms with Crippen LogP contribution < -0.4 is 15.4 Å². The Labute approximate surface area is 174 Å². The Morgan fingerprint density at radius 1 is 1.10 bits per heavy atom. The number of nitrogens with one attached hydrogen (secondary N) is 2. The molecule has 4 rings (SSSR count). The lowest BCUT2D eigenvalue weighted by Crippen LogP contribution is -2.15. The summed E-state index contributed by atoms with van der Waals surface area (Å²) in [6.07, 6.45) is 1.79. The quantitative estimate of drug-likeness (QED) is 0.553. The Balaban J connectivity index is 1.46. The summed E-state index contributed by atoms with van der Waals surface area (Å²) < 4.78 is 29.8. The number of ether oxygens (including phenoxy) is 1. The van der Waals surface area contributed by atoms with Gasteiger partial charge in [0.05, 0.1) is 5.69 Å². The Kier molecular flexibility index (Phi) is 5.71. The first kappa shape index (κ1) is 20.0. The van der Waals surface area contributed by atoms with E-state index in [9.17, 15) is 18.4 Å². The van der Waals surface area contributed by atoms with Crippen molar-refractivity contribution in [2.75, 3.05) is 10.6 Å². The third kappa shape index (κ3) is 4.80. The Hall–Kier alpha value is -3.33. The van der Waals surface area contributed by atoms with Gasteiger partial charge in [0.15, 0.2) is 5.13 Å². The summed E-state index contributed by atoms with van der Waals surface area (Å²) in [6.45, 7) is -2.95. The lowest BCUT2D eigenvalue weighted by Gasteiger charge is -2.08. The van der Waals surface area contributed by atoms with Crippen molar-refractivity contribution in [3.63, 3.8) is 0 Å². The molecule has 0 spiro atoms. The first-order valence-corrected chi connectivity index (χ1v) is 10.1. The highest BCUT2D eigenvalue weighted by atomic mass is 32.1. The molecule has 0 bridgehead atoms. The van der Waals surface area contributed by atoms with Crippen LogP contribution in [0.5, 0.6) is 5.75 Å². The van der Waals surface area contributed by atoms with Gasteiger partial charge in [0.1, 0.15) is 5.75 Å². The number of carbonyl (C=O) groups excluding carboxylic acids is 2. The minimum absolute atomic E-state index is 0.00906. The van der Waals surface area contributed by atoms with Gasteiger partial charge in [-0.1, -0.05) is 18.2 Å². The van der Waals surface area contributed by atoms with Crippen LogP contribution in [-0.2, 0) is 4.79 Å². The van der Waals surface area contributed by atoms with Crippen molar-refractivity contribution in [1.29, 1.82) is 0 Å². The van der Waals surface area contributed by atoms with E-state index in [1.54, 1.807) is 47.8 Å². The fourth-order valence-electron chi connectivity index (χ4n) is 2.83. The van der Waals surface area contributed by atoms with Gasteiger partial charge < -0.3 is 10.1 Å². The van der Waals surface area contributed by atoms with Gasteiger partial charge in [-0.25, -0.2) is 4.98 Å². The van der Waals surface area contributed by atoms with Crippen LogP contribution in [0.15, 0.2) is 53.9 Å². The summed E-state index contributed by atoms with van der Waals surface area (Å²) >= 11 is 1.17. The molecule has 6 nitrogen and oxygen atoms in total. The number of thiazole rings is 1. The summed E-state index contributed by atoms with van der Waals surface area (Å²) in [5.74, 6) is -0.361. The van der Waals surface area contributed by atoms with Gasteiger partial charge in [-0.3, -0.25) is 14.9 Å². The van der Waals surface area contributed by atoms with Gasteiger partial charge in [0.25, 0.3) is 5.91 Å². The van der Waals surface area contributed by atoms with Crippen LogP contribution in [0.2, 0.25) is 0 Å². The molecule has 1 saturated carbocycles. The van der Waals surface area contributed by atoms with Crippen molar-refractivity contribution >= 4 is 34.0 Å². The van der Waals surface area contributed by atoms with Crippen LogP contribution in [0.4, 0.5) is 19.6 Å². The van der Waals surface area contributed by atoms with Crippen LogP contribution in [0.3, 0.4) is 0 Å². The van der Waals surface area contributed by atoms with E-state index in [1.807, 2.05) is 0 Å². The minimum Gasteiger partial charge on any atom is -0.434 e. The highest BCUT2D eigenvalue weighted by Gasteiger charge is 2.29. The molecule has 154 valence electrons. The predicted molar refractivity (Wildman–Crippen MR) is 110 cm³/mol. The predicted octanol–water partition coefficient (Wildman–Crippen LogP) is 5.01. The molecule has 1 aromatic heterocycles. The standard InChI is InChI=1S/C21H17F2N3O3S/c22-20(23)29-17-7-2-1-6-15(17)16-11-30-21(25-16)26-19(28)13-4-3-5-14(10-13)24-18(27)12-8-9-12/h1-7,10-12,20H,8-9H2,(H,24,27)(H,25,26,28). The molecule has 0 radical (unpaired) electrons. The first-order valence-electron chi connectivity index (χ1n) is 9.21. The molecule has 2 amide bonds. The van der Waals surface area contributed by atoms with Crippen LogP contribution in [0, 0.1) is 5.92 Å². The lowest BCUT2D eigenvalue weighted by atomic mass is 10.1. The van der Waals surface area contributed by atoms with Gasteiger partial charge >= 0.3 is 6.61 Å². The van der Waals surface area contributed by atoms with Crippen LogP contribution in [0.1, 0.15) is 23.2 Å². The average molecular weight is 429 g/mol. The van der Waals surface area contributed by atoms with E-state index in [4.69, 9.17) is 0 Å². The molecule has 1 aliphatic carbocycles. The summed E-state index contributed by atoms with van der Waals surface area (Å²) in [4.78, 5) is 28.8. The zero-order valence-electron chi connectivity index (χ0n) is 15.6. The summed E-state index contributed by atoms with van der Waals surface area (Å²) in [7, 11) is 0. The number of hydrogen-bond acceptors (Lipinski definition) is 5. The number of amides is 2. The van der Waals surface area contributed by atoms with Gasteiger partial charge in [0.2, 0.25) is 5.91 Å². The maximum Gasteiger partial charge on any atom is 0.387 e. The van der Waals surface area contributed by atoms with Gasteiger partial charge in [-0.05, 0) is 43.2 Å². The summed E-state index contributed by atoms with van der Waals surface area (Å²) in [6, 6.07) is 12.9. The molecule has 1 fully saturated rings. The first-order chi connectivity index (χ1) is 14.5. The fraction of sp³-hybridized carbons (Fsp3) is 0.190. The second-order valence-corrected chi connectivity index (χ2v) is 7.57. The fourth-order valence-corrected chi connectivity index (χ4v) is 3.53. The number of benzene rings is 2. The Bertz CT molecular complexity index is 1080. The van der Waals surface area contributed by atoms with E-state index in [0.29, 0.717) is 27.6 Å². The van der Waals surface area contributed by atoms with Crippen molar-refractivity contribution < 1.29 is 23.1 Å². The van der Waals surface area contributed by atoms with Crippen molar-refractivity contribution in [2.45, 2.75) is 19.5 Å². The second-order valence-electron chi connectivity index (χ2n) is 6.71. The largest absolute Gasteiger partial charge is 0.434 e. The monoisotopic (exact) mass is 429 g/mol. The van der Waals surface area contributed by atoms with E-state index in [2.05, 4.69) is 20.4 Å². The molecule has 30 heavy (non-hydrogen) atoms. The average Bonchev–Trinajstić information content (AvgIpc) is 3.48. The van der Waals surface area contributed by atoms with Crippen LogP contribution in [-0.4, -0.2) is 23.4 Å². The number of anilines is 2. The van der Waals surface area contributed by atoms with Crippen molar-refractivity contribution in [1.82, 2.24) is 4.98 Å². The van der Waals surface area contributed by atoms with E-state index in [-0.39, 0.29) is 17.6 Å². The molecule has 1 aliphatic rings. The number of alkyl halides is 2. The molecule has 0 unspecified atom stereocenters. The number of nitrogens with zero attached hydrogens (tertiary/aromatic N) is 1. The molecule has 3 aromatic rings. The molecule has 0 aliphatic heterocycles. The van der Waals surface area contributed by atoms with Gasteiger partial charge in [-0.15, -0.1) is 11.3 Å². The normalized spacial score (nSPS) is 13.2. The highest BCUT2D eigenvalue weighted by molar-refractivity contribution is 7.14. The second kappa shape index (κ2) is 8.58. The molecule has 1 heterocycles. The Morgan fingerprint density at radius 3 is 2.67 bits per heavy atom. The number of aromatic nitrogens is 1. The van der Waals surface area contributed by atoms with E-state index >= 15 is 0 Å². The summed E-state index contributed by atoms with van der Waals surface area (Å²) in [5, 5.41) is 7.46. The van der Waals surface area contributed by atoms with Crippen LogP contribution in [0.25, 0.3) is 11.3 Å². The van der Waals surface area contributed by atoms with Crippen molar-refractivity contribution in [2.24, 2.45) is 5.92 Å². The van der Waals surface area contributed by atoms with Crippen LogP contribution >= 0.6 is 11.3 Å². The van der Waals surface area contributed by atoms with E-state index < -0.39 is 12.5 Å². The van der Waals surface area contributed by atoms with Gasteiger partial charge in [0, 0.05) is 28.1 Å². The minimum atomic E-state index is -2.95. The van der Waals surface area contributed by atoms with Crippen molar-refractivity contribution in [3.05, 3.63) is 59.5 Å².